The SMILES string of the molecule is C/C(=N/NC(=O)c1ccccc1O)c1cccc(OC(F)F)c1. The summed E-state index contributed by atoms with van der Waals surface area (Å²) in [5.41, 5.74) is 3.29. The van der Waals surface area contributed by atoms with Crippen LogP contribution < -0.4 is 10.2 Å². The number of hydrogen-bond acceptors (Lipinski definition) is 4. The number of hydrazone groups is 1. The van der Waals surface area contributed by atoms with Gasteiger partial charge in [-0.3, -0.25) is 4.79 Å². The van der Waals surface area contributed by atoms with Crippen molar-refractivity contribution < 1.29 is 23.4 Å². The molecule has 5 nitrogen and oxygen atoms in total. The fourth-order valence-corrected chi connectivity index (χ4v) is 1.82. The highest BCUT2D eigenvalue weighted by Gasteiger charge is 2.10. The van der Waals surface area contributed by atoms with Crippen molar-refractivity contribution in [3.63, 3.8) is 0 Å². The maximum absolute atomic E-state index is 12.2. The largest absolute Gasteiger partial charge is 0.507 e. The van der Waals surface area contributed by atoms with Crippen molar-refractivity contribution in [2.24, 2.45) is 5.10 Å². The summed E-state index contributed by atoms with van der Waals surface area (Å²) in [6.45, 7) is -1.31. The van der Waals surface area contributed by atoms with Crippen LogP contribution in [0.25, 0.3) is 0 Å². The zero-order chi connectivity index (χ0) is 16.8. The van der Waals surface area contributed by atoms with E-state index >= 15 is 0 Å². The van der Waals surface area contributed by atoms with E-state index in [0.717, 1.165) is 0 Å². The molecule has 0 aliphatic carbocycles. The quantitative estimate of drug-likeness (QED) is 0.657. The second-order valence-electron chi connectivity index (χ2n) is 4.56. The summed E-state index contributed by atoms with van der Waals surface area (Å²) in [6.07, 6.45) is 0. The van der Waals surface area contributed by atoms with E-state index in [1.54, 1.807) is 25.1 Å². The summed E-state index contributed by atoms with van der Waals surface area (Å²) >= 11 is 0. The summed E-state index contributed by atoms with van der Waals surface area (Å²) in [5.74, 6) is -0.744. The molecule has 23 heavy (non-hydrogen) atoms. The molecule has 0 aliphatic heterocycles. The van der Waals surface area contributed by atoms with Gasteiger partial charge in [0.15, 0.2) is 0 Å². The highest BCUT2D eigenvalue weighted by Crippen LogP contribution is 2.17. The first-order valence-electron chi connectivity index (χ1n) is 6.65. The van der Waals surface area contributed by atoms with Crippen molar-refractivity contribution in [3.05, 3.63) is 59.7 Å². The predicted molar refractivity (Wildman–Crippen MR) is 80.9 cm³/mol. The summed E-state index contributed by atoms with van der Waals surface area (Å²) in [6, 6.07) is 12.0. The zero-order valence-corrected chi connectivity index (χ0v) is 12.2. The summed E-state index contributed by atoms with van der Waals surface area (Å²) in [5, 5.41) is 13.5. The number of halogens is 2. The minimum Gasteiger partial charge on any atom is -0.507 e. The topological polar surface area (TPSA) is 70.9 Å². The molecule has 0 saturated carbocycles. The molecule has 7 heteroatoms. The van der Waals surface area contributed by atoms with E-state index in [4.69, 9.17) is 0 Å². The van der Waals surface area contributed by atoms with Gasteiger partial charge in [0.2, 0.25) is 0 Å². The first-order valence-corrected chi connectivity index (χ1v) is 6.65. The fourth-order valence-electron chi connectivity index (χ4n) is 1.82. The highest BCUT2D eigenvalue weighted by atomic mass is 19.3. The lowest BCUT2D eigenvalue weighted by Gasteiger charge is -2.07. The second-order valence-corrected chi connectivity index (χ2v) is 4.56. The van der Waals surface area contributed by atoms with Gasteiger partial charge in [-0.25, -0.2) is 5.43 Å². The van der Waals surface area contributed by atoms with Crippen LogP contribution in [0.4, 0.5) is 8.78 Å². The molecular formula is C16H14F2N2O3. The van der Waals surface area contributed by atoms with Crippen LogP contribution in [0.2, 0.25) is 0 Å². The molecule has 0 unspecified atom stereocenters. The van der Waals surface area contributed by atoms with Crippen LogP contribution >= 0.6 is 0 Å². The molecule has 2 N–H and O–H groups in total. The first-order chi connectivity index (χ1) is 11.0. The van der Waals surface area contributed by atoms with Crippen LogP contribution in [0, 0.1) is 0 Å². The third-order valence-corrected chi connectivity index (χ3v) is 2.95. The van der Waals surface area contributed by atoms with Crippen LogP contribution in [-0.2, 0) is 0 Å². The number of rotatable bonds is 5. The number of benzene rings is 2. The lowest BCUT2D eigenvalue weighted by atomic mass is 10.1. The van der Waals surface area contributed by atoms with Gasteiger partial charge in [0.05, 0.1) is 11.3 Å². The number of amides is 1. The average Bonchev–Trinajstić information content (AvgIpc) is 2.52. The number of alkyl halides is 2. The van der Waals surface area contributed by atoms with Crippen LogP contribution in [-0.4, -0.2) is 23.3 Å². The number of carbonyl (C=O) groups excluding carboxylic acids is 1. The minimum absolute atomic E-state index is 0.000852. The average molecular weight is 320 g/mol. The zero-order valence-electron chi connectivity index (χ0n) is 12.2. The summed E-state index contributed by atoms with van der Waals surface area (Å²) < 4.78 is 28.7. The number of ether oxygens (including phenoxy) is 1. The Morgan fingerprint density at radius 2 is 1.96 bits per heavy atom. The number of phenolic OH excluding ortho intramolecular Hbond substituents is 1. The Hall–Kier alpha value is -2.96. The molecule has 0 aromatic heterocycles. The Kier molecular flexibility index (Phi) is 5.24. The van der Waals surface area contributed by atoms with E-state index in [0.29, 0.717) is 11.3 Å². The Bertz CT molecular complexity index is 733. The number of nitrogens with one attached hydrogen (secondary N) is 1. The molecule has 2 aromatic carbocycles. The maximum Gasteiger partial charge on any atom is 0.387 e. The number of carbonyl (C=O) groups is 1. The van der Waals surface area contributed by atoms with Crippen LogP contribution in [0.1, 0.15) is 22.8 Å². The van der Waals surface area contributed by atoms with E-state index in [2.05, 4.69) is 15.3 Å². The molecule has 0 spiro atoms. The van der Waals surface area contributed by atoms with Crippen LogP contribution in [0.3, 0.4) is 0 Å². The molecule has 1 amide bonds. The molecule has 0 fully saturated rings. The third kappa shape index (κ3) is 4.50. The van der Waals surface area contributed by atoms with E-state index < -0.39 is 12.5 Å². The summed E-state index contributed by atoms with van der Waals surface area (Å²) in [7, 11) is 0. The normalized spacial score (nSPS) is 11.4. The molecule has 0 bridgehead atoms. The van der Waals surface area contributed by atoms with E-state index in [1.165, 1.54) is 30.3 Å². The number of phenols is 1. The molecule has 0 radical (unpaired) electrons. The van der Waals surface area contributed by atoms with Gasteiger partial charge < -0.3 is 9.84 Å². The molecule has 0 saturated heterocycles. The second kappa shape index (κ2) is 7.35. The Morgan fingerprint density at radius 3 is 2.65 bits per heavy atom. The van der Waals surface area contributed by atoms with Gasteiger partial charge in [-0.05, 0) is 31.2 Å². The number of hydrogen-bond donors (Lipinski definition) is 2. The standard InChI is InChI=1S/C16H14F2N2O3/c1-10(11-5-4-6-12(9-11)23-16(17)18)19-20-15(22)13-7-2-3-8-14(13)21/h2-9,16,21H,1H3,(H,20,22)/b19-10-. The van der Waals surface area contributed by atoms with E-state index in [-0.39, 0.29) is 17.1 Å². The smallest absolute Gasteiger partial charge is 0.387 e. The lowest BCUT2D eigenvalue weighted by molar-refractivity contribution is -0.0498. The Labute approximate surface area is 131 Å². The molecule has 120 valence electrons. The van der Waals surface area contributed by atoms with Gasteiger partial charge in [0, 0.05) is 5.56 Å². The van der Waals surface area contributed by atoms with Gasteiger partial charge in [-0.2, -0.15) is 13.9 Å². The van der Waals surface area contributed by atoms with Crippen molar-refractivity contribution in [1.82, 2.24) is 5.43 Å². The maximum atomic E-state index is 12.2. The molecule has 2 rings (SSSR count). The van der Waals surface area contributed by atoms with Crippen molar-refractivity contribution >= 4 is 11.6 Å². The van der Waals surface area contributed by atoms with E-state index in [1.807, 2.05) is 0 Å². The van der Waals surface area contributed by atoms with Gasteiger partial charge >= 0.3 is 6.61 Å². The minimum atomic E-state index is -2.91. The molecule has 0 aliphatic rings. The van der Waals surface area contributed by atoms with Crippen molar-refractivity contribution in [3.8, 4) is 11.5 Å². The van der Waals surface area contributed by atoms with Crippen molar-refractivity contribution in [2.75, 3.05) is 0 Å². The van der Waals surface area contributed by atoms with Gasteiger partial charge in [-0.15, -0.1) is 0 Å². The van der Waals surface area contributed by atoms with Gasteiger partial charge in [0.25, 0.3) is 5.91 Å². The number of para-hydroxylation sites is 1. The molecule has 0 atom stereocenters. The van der Waals surface area contributed by atoms with Crippen molar-refractivity contribution in [2.45, 2.75) is 13.5 Å². The number of aromatic hydroxyl groups is 1. The lowest BCUT2D eigenvalue weighted by Crippen LogP contribution is -2.19. The number of nitrogens with zero attached hydrogens (tertiary/aromatic N) is 1. The van der Waals surface area contributed by atoms with Gasteiger partial charge in [0.1, 0.15) is 11.5 Å². The molecular weight excluding hydrogens is 306 g/mol. The third-order valence-electron chi connectivity index (χ3n) is 2.95. The van der Waals surface area contributed by atoms with Gasteiger partial charge in [-0.1, -0.05) is 24.3 Å². The fraction of sp³-hybridized carbons (Fsp3) is 0.125. The summed E-state index contributed by atoms with van der Waals surface area (Å²) in [4.78, 5) is 11.9. The first kappa shape index (κ1) is 16.4. The molecule has 2 aromatic rings. The van der Waals surface area contributed by atoms with Crippen molar-refractivity contribution in [1.29, 1.82) is 0 Å². The van der Waals surface area contributed by atoms with Crippen LogP contribution in [0.15, 0.2) is 53.6 Å². The van der Waals surface area contributed by atoms with E-state index in [9.17, 15) is 18.7 Å². The monoisotopic (exact) mass is 320 g/mol. The predicted octanol–water partition coefficient (Wildman–Crippen LogP) is 3.15. The Morgan fingerprint density at radius 1 is 1.22 bits per heavy atom. The Balaban J connectivity index is 2.11. The highest BCUT2D eigenvalue weighted by molar-refractivity contribution is 6.01. The molecule has 0 heterocycles. The van der Waals surface area contributed by atoms with Crippen LogP contribution in [0.5, 0.6) is 11.5 Å².